The Morgan fingerprint density at radius 1 is 1.33 bits per heavy atom. The van der Waals surface area contributed by atoms with E-state index in [0.717, 1.165) is 0 Å². The molecule has 152 valence electrons. The number of aromatic nitrogens is 4. The monoisotopic (exact) mass is 406 g/mol. The minimum atomic E-state index is -0.738. The van der Waals surface area contributed by atoms with Crippen molar-refractivity contribution in [1.29, 1.82) is 0 Å². The average Bonchev–Trinajstić information content (AvgIpc) is 3.17. The zero-order valence-electron chi connectivity index (χ0n) is 16.3. The molecule has 1 unspecified atom stereocenters. The number of pyridine rings is 1. The second-order valence-electron chi connectivity index (χ2n) is 6.58. The number of esters is 1. The third kappa shape index (κ3) is 3.39. The lowest BCUT2D eigenvalue weighted by Gasteiger charge is -2.28. The molecule has 30 heavy (non-hydrogen) atoms. The van der Waals surface area contributed by atoms with Gasteiger partial charge >= 0.3 is 5.97 Å². The quantitative estimate of drug-likeness (QED) is 0.389. The molecule has 10 heteroatoms. The van der Waals surface area contributed by atoms with Crippen LogP contribution in [-0.4, -0.2) is 37.2 Å². The van der Waals surface area contributed by atoms with Crippen LogP contribution in [0.4, 0.5) is 11.6 Å². The Balaban J connectivity index is 1.89. The Bertz CT molecular complexity index is 1160. The maximum Gasteiger partial charge on any atom is 0.338 e. The number of anilines is 1. The van der Waals surface area contributed by atoms with Crippen molar-refractivity contribution >= 4 is 17.6 Å². The predicted molar refractivity (Wildman–Crippen MR) is 107 cm³/mol. The van der Waals surface area contributed by atoms with E-state index >= 15 is 0 Å². The Kier molecular flexibility index (Phi) is 4.97. The first kappa shape index (κ1) is 19.2. The van der Waals surface area contributed by atoms with E-state index < -0.39 is 16.9 Å². The molecular weight excluding hydrogens is 388 g/mol. The Morgan fingerprint density at radius 3 is 2.87 bits per heavy atom. The van der Waals surface area contributed by atoms with E-state index in [1.165, 1.54) is 12.1 Å². The zero-order chi connectivity index (χ0) is 21.3. The van der Waals surface area contributed by atoms with Gasteiger partial charge in [-0.1, -0.05) is 12.1 Å². The standard InChI is InChI=1S/C20H18N6O4/c1-3-30-19(27)16-12(2)22-20-23-18(14-7-5-9-21-11-14)24-25(20)17(16)13-6-4-8-15(10-13)26(28)29/h4-11,17H,3H2,1-2H3,(H,22,23,24). The summed E-state index contributed by atoms with van der Waals surface area (Å²) < 4.78 is 6.79. The lowest BCUT2D eigenvalue weighted by atomic mass is 9.95. The van der Waals surface area contributed by atoms with E-state index in [1.54, 1.807) is 49.1 Å². The number of carbonyl (C=O) groups excluding carboxylic acids is 1. The second kappa shape index (κ2) is 7.74. The van der Waals surface area contributed by atoms with Crippen molar-refractivity contribution in [3.05, 3.63) is 75.7 Å². The summed E-state index contributed by atoms with van der Waals surface area (Å²) in [5.74, 6) is 0.304. The molecular formula is C20H18N6O4. The van der Waals surface area contributed by atoms with Gasteiger partial charge in [0.1, 0.15) is 6.04 Å². The Labute approximate surface area is 171 Å². The number of carbonyl (C=O) groups is 1. The molecule has 0 spiro atoms. The molecule has 4 rings (SSSR count). The van der Waals surface area contributed by atoms with Gasteiger partial charge in [-0.25, -0.2) is 9.48 Å². The topological polar surface area (TPSA) is 125 Å². The summed E-state index contributed by atoms with van der Waals surface area (Å²) in [6.07, 6.45) is 3.28. The van der Waals surface area contributed by atoms with Gasteiger partial charge in [0.2, 0.25) is 5.95 Å². The molecule has 0 amide bonds. The van der Waals surface area contributed by atoms with Crippen molar-refractivity contribution in [2.45, 2.75) is 19.9 Å². The molecule has 1 aliphatic heterocycles. The lowest BCUT2D eigenvalue weighted by molar-refractivity contribution is -0.384. The average molecular weight is 406 g/mol. The highest BCUT2D eigenvalue weighted by molar-refractivity contribution is 5.92. The van der Waals surface area contributed by atoms with Crippen LogP contribution in [0, 0.1) is 10.1 Å². The number of nitro benzene ring substituents is 1. The van der Waals surface area contributed by atoms with Crippen LogP contribution in [0.1, 0.15) is 25.5 Å². The first-order valence-corrected chi connectivity index (χ1v) is 9.25. The molecule has 3 heterocycles. The maximum absolute atomic E-state index is 12.8. The van der Waals surface area contributed by atoms with Crippen LogP contribution in [0.3, 0.4) is 0 Å². The molecule has 0 aliphatic carbocycles. The number of fused-ring (bicyclic) bond motifs is 1. The normalized spacial score (nSPS) is 15.3. The van der Waals surface area contributed by atoms with Gasteiger partial charge in [-0.2, -0.15) is 4.98 Å². The van der Waals surface area contributed by atoms with E-state index in [2.05, 4.69) is 20.4 Å². The van der Waals surface area contributed by atoms with Crippen molar-refractivity contribution in [2.75, 3.05) is 11.9 Å². The third-order valence-electron chi connectivity index (χ3n) is 4.66. The number of benzene rings is 1. The van der Waals surface area contributed by atoms with Gasteiger partial charge < -0.3 is 10.1 Å². The largest absolute Gasteiger partial charge is 0.463 e. The smallest absolute Gasteiger partial charge is 0.338 e. The van der Waals surface area contributed by atoms with E-state index in [9.17, 15) is 14.9 Å². The van der Waals surface area contributed by atoms with E-state index in [1.807, 2.05) is 6.07 Å². The van der Waals surface area contributed by atoms with Crippen LogP contribution in [0.25, 0.3) is 11.4 Å². The number of ether oxygens (including phenoxy) is 1. The van der Waals surface area contributed by atoms with Crippen LogP contribution in [0.5, 0.6) is 0 Å². The van der Waals surface area contributed by atoms with Crippen LogP contribution in [0.2, 0.25) is 0 Å². The Hall–Kier alpha value is -4.08. The molecule has 1 N–H and O–H groups in total. The number of nitro groups is 1. The summed E-state index contributed by atoms with van der Waals surface area (Å²) in [5.41, 5.74) is 2.00. The summed E-state index contributed by atoms with van der Waals surface area (Å²) in [7, 11) is 0. The minimum Gasteiger partial charge on any atom is -0.463 e. The molecule has 0 saturated heterocycles. The molecule has 10 nitrogen and oxygen atoms in total. The fourth-order valence-corrected chi connectivity index (χ4v) is 3.36. The fraction of sp³-hybridized carbons (Fsp3) is 0.200. The zero-order valence-corrected chi connectivity index (χ0v) is 16.3. The predicted octanol–water partition coefficient (Wildman–Crippen LogP) is 3.10. The molecule has 0 fully saturated rings. The van der Waals surface area contributed by atoms with Gasteiger partial charge in [0.05, 0.1) is 17.1 Å². The van der Waals surface area contributed by atoms with Crippen LogP contribution < -0.4 is 5.32 Å². The summed E-state index contributed by atoms with van der Waals surface area (Å²) in [4.78, 5) is 32.2. The third-order valence-corrected chi connectivity index (χ3v) is 4.66. The van der Waals surface area contributed by atoms with E-state index in [-0.39, 0.29) is 12.3 Å². The summed E-state index contributed by atoms with van der Waals surface area (Å²) in [6.45, 7) is 3.65. The SMILES string of the molecule is CCOC(=O)C1=C(C)Nc2nc(-c3cccnc3)nn2C1c1cccc([N+](=O)[O-])c1. The number of non-ortho nitro benzene ring substituents is 1. The molecule has 0 radical (unpaired) electrons. The molecule has 0 saturated carbocycles. The maximum atomic E-state index is 12.8. The highest BCUT2D eigenvalue weighted by atomic mass is 16.6. The summed E-state index contributed by atoms with van der Waals surface area (Å²) in [6, 6.07) is 8.97. The number of hydrogen-bond acceptors (Lipinski definition) is 8. The van der Waals surface area contributed by atoms with Gasteiger partial charge in [0.15, 0.2) is 5.82 Å². The lowest BCUT2D eigenvalue weighted by Crippen LogP contribution is -2.29. The molecule has 0 bridgehead atoms. The van der Waals surface area contributed by atoms with Gasteiger partial charge in [-0.15, -0.1) is 5.10 Å². The van der Waals surface area contributed by atoms with Crippen LogP contribution in [-0.2, 0) is 9.53 Å². The van der Waals surface area contributed by atoms with Gasteiger partial charge in [-0.05, 0) is 31.5 Å². The number of rotatable bonds is 5. The number of allylic oxidation sites excluding steroid dienone is 1. The highest BCUT2D eigenvalue weighted by Crippen LogP contribution is 2.37. The second-order valence-corrected chi connectivity index (χ2v) is 6.58. The van der Waals surface area contributed by atoms with Crippen molar-refractivity contribution in [1.82, 2.24) is 19.7 Å². The fourth-order valence-electron chi connectivity index (χ4n) is 3.36. The molecule has 1 aliphatic rings. The molecule has 3 aromatic rings. The molecule has 2 aromatic heterocycles. The van der Waals surface area contributed by atoms with Crippen molar-refractivity contribution in [3.63, 3.8) is 0 Å². The van der Waals surface area contributed by atoms with Gasteiger partial charge in [0, 0.05) is 35.8 Å². The summed E-state index contributed by atoms with van der Waals surface area (Å²) in [5, 5.41) is 19.0. The highest BCUT2D eigenvalue weighted by Gasteiger charge is 2.35. The first-order valence-electron chi connectivity index (χ1n) is 9.25. The van der Waals surface area contributed by atoms with Gasteiger partial charge in [0.25, 0.3) is 5.69 Å². The van der Waals surface area contributed by atoms with Crippen LogP contribution >= 0.6 is 0 Å². The molecule has 1 atom stereocenters. The summed E-state index contributed by atoms with van der Waals surface area (Å²) >= 11 is 0. The van der Waals surface area contributed by atoms with Crippen LogP contribution in [0.15, 0.2) is 60.1 Å². The minimum absolute atomic E-state index is 0.0824. The number of nitrogens with one attached hydrogen (secondary N) is 1. The van der Waals surface area contributed by atoms with E-state index in [0.29, 0.717) is 34.2 Å². The Morgan fingerprint density at radius 2 is 2.17 bits per heavy atom. The van der Waals surface area contributed by atoms with Crippen molar-refractivity contribution in [2.24, 2.45) is 0 Å². The van der Waals surface area contributed by atoms with Crippen molar-refractivity contribution < 1.29 is 14.5 Å². The number of hydrogen-bond donors (Lipinski definition) is 1. The number of nitrogens with zero attached hydrogens (tertiary/aromatic N) is 5. The van der Waals surface area contributed by atoms with Crippen molar-refractivity contribution in [3.8, 4) is 11.4 Å². The van der Waals surface area contributed by atoms with Gasteiger partial charge in [-0.3, -0.25) is 15.1 Å². The molecule has 1 aromatic carbocycles. The van der Waals surface area contributed by atoms with E-state index in [4.69, 9.17) is 4.74 Å². The first-order chi connectivity index (χ1) is 14.5.